The third-order valence-electron chi connectivity index (χ3n) is 22.4. The monoisotopic (exact) mass is 1730 g/mol. The van der Waals surface area contributed by atoms with Crippen LogP contribution in [0.1, 0.15) is 78.4 Å². The molecule has 118 heavy (non-hydrogen) atoms. The number of piperazine rings is 2. The van der Waals surface area contributed by atoms with Crippen LogP contribution in [0.15, 0.2) is 94.7 Å². The molecule has 6 aliphatic rings. The summed E-state index contributed by atoms with van der Waals surface area (Å²) in [6, 6.07) is 19.0. The molecule has 4 unspecified atom stereocenters. The quantitative estimate of drug-likeness (QED) is 0.0297. The summed E-state index contributed by atoms with van der Waals surface area (Å²) in [5, 5.41) is 9.78. The van der Waals surface area contributed by atoms with Gasteiger partial charge in [0.25, 0.3) is 0 Å². The van der Waals surface area contributed by atoms with E-state index in [2.05, 4.69) is 168 Å². The van der Waals surface area contributed by atoms with Crippen molar-refractivity contribution >= 4 is 327 Å². The number of aryl methyl sites for hydroxylation is 2. The predicted molar refractivity (Wildman–Crippen MR) is 525 cm³/mol. The Bertz CT molecular complexity index is 4970. The van der Waals surface area contributed by atoms with Gasteiger partial charge in [0.2, 0.25) is 31.3 Å². The molecule has 54 heteroatoms. The highest BCUT2D eigenvalue weighted by Crippen LogP contribution is 2.44. The molecule has 6 fully saturated rings. The second kappa shape index (κ2) is 42.2. The number of nitrogens with zero attached hydrogens (tertiary/aromatic N) is 14. The number of aromatic nitrogens is 8. The second-order valence-corrected chi connectivity index (χ2v) is 36.7. The minimum absolute atomic E-state index is 0.0595. The second-order valence-electron chi connectivity index (χ2n) is 30.6. The molecule has 4 aromatic heterocycles. The standard InChI is InChI=1S/C32H40BrN9O3S.C18H29N3O.C14H12BrClN6O2S.B25/c1-7-20-14-26(28(45-5)15-27(20)42-18-21-8-9-22(42)17-41(21)19(2)3)38-32-36-16-23(33)31(39-32)37-25-11-10-24-29(35-13-12-34-24)30(25)40(4)46(6,43)44;1-5-13-8-16(19)18(22-4)9-17(13)21-11-14-6-7-15(21)10-20(14)12(2)3;1-22(25(2,23)24)12-10(4-3-9-11(12)18-6-5-17-9)20-13-8(15)7-19-14(16)21-13;1-14-21(15(2)3)24(20(12)13)25(22(16(4)5)17(6)7)23(18(8)9)19(10)11/h10-16,19,21-22H,7-9,17-18H2,1-6H3,(H2,36,37,38,39);8-9,12,14-15H,5-7,10-11,19H2,1-4H3;3-7H,1-2H3,(H,19,20,21);/q;;;-1. The van der Waals surface area contributed by atoms with Crippen LogP contribution in [0.25, 0.3) is 22.1 Å². The summed E-state index contributed by atoms with van der Waals surface area (Å²) in [4.78, 5) is 45.0. The molecule has 6 saturated heterocycles. The third-order valence-corrected chi connectivity index (χ3v) is 26.1. The number of ether oxygens (including phenoxy) is 2. The largest absolute Gasteiger partial charge is 0.690 e. The summed E-state index contributed by atoms with van der Waals surface area (Å²) in [7, 11) is 77.0. The normalized spacial score (nSPS) is 16.2. The minimum Gasteiger partial charge on any atom is -0.690 e. The number of benzene rings is 4. The Hall–Kier alpha value is -5.59. The summed E-state index contributed by atoms with van der Waals surface area (Å²) in [6.45, 7) is 18.0. The van der Waals surface area contributed by atoms with Gasteiger partial charge in [-0.2, -0.15) is 9.97 Å². The number of fused-ring (bicyclic) bond motifs is 8. The van der Waals surface area contributed by atoms with E-state index in [0.717, 1.165) is 66.4 Å². The molecule has 4 bridgehead atoms. The van der Waals surface area contributed by atoms with Crippen LogP contribution in [0.3, 0.4) is 0 Å². The van der Waals surface area contributed by atoms with Gasteiger partial charge in [-0.05, 0) is 320 Å². The number of nitrogen functional groups attached to an aromatic ring is 1. The Morgan fingerprint density at radius 2 is 0.958 bits per heavy atom. The number of anilines is 11. The zero-order chi connectivity index (χ0) is 86.9. The van der Waals surface area contributed by atoms with Crippen molar-refractivity contribution in [3.63, 3.8) is 0 Å². The average molecular weight is 1730 g/mol. The van der Waals surface area contributed by atoms with Gasteiger partial charge in [0, 0.05) is 137 Å². The molecule has 4 atom stereocenters. The van der Waals surface area contributed by atoms with E-state index in [1.807, 2.05) is 0 Å². The van der Waals surface area contributed by atoms with Gasteiger partial charge in [0.15, 0.2) is 0 Å². The Morgan fingerprint density at radius 3 is 1.34 bits per heavy atom. The van der Waals surface area contributed by atoms with Crippen molar-refractivity contribution in [2.45, 2.75) is 116 Å². The molecule has 0 saturated carbocycles. The number of hydrogen-bond acceptors (Lipinski definition) is 22. The fourth-order valence-corrected chi connectivity index (χ4v) is 18.2. The molecule has 8 aromatic rings. The summed E-state index contributed by atoms with van der Waals surface area (Å²) >= 11 is 12.7. The van der Waals surface area contributed by atoms with Crippen LogP contribution in [0.4, 0.5) is 63.1 Å². The van der Waals surface area contributed by atoms with E-state index < -0.39 is 90.3 Å². The van der Waals surface area contributed by atoms with Crippen LogP contribution in [-0.4, -0.2) is 348 Å². The molecular formula is C64H81B25Br2ClN18O6S2-. The zero-order valence-corrected chi connectivity index (χ0v) is 74.4. The van der Waals surface area contributed by atoms with Crippen LogP contribution in [-0.2, 0) is 32.9 Å². The maximum Gasteiger partial charge on any atom is 0.232 e. The Balaban J connectivity index is 0.000000190. The molecule has 572 valence electrons. The molecule has 6 aliphatic heterocycles. The van der Waals surface area contributed by atoms with Crippen molar-refractivity contribution in [3.05, 3.63) is 111 Å². The Morgan fingerprint density at radius 1 is 0.551 bits per heavy atom. The van der Waals surface area contributed by atoms with Crippen molar-refractivity contribution < 1.29 is 26.3 Å². The fourth-order valence-electron chi connectivity index (χ4n) is 16.5. The summed E-state index contributed by atoms with van der Waals surface area (Å²) in [5.74, 6) is 2.69. The summed E-state index contributed by atoms with van der Waals surface area (Å²) in [5.41, 5.74) is 16.4. The third kappa shape index (κ3) is 22.9. The van der Waals surface area contributed by atoms with Gasteiger partial charge in [0.1, 0.15) is 45.5 Å². The first-order valence-corrected chi connectivity index (χ1v) is 44.5. The van der Waals surface area contributed by atoms with E-state index in [0.29, 0.717) is 113 Å². The number of rotatable bonds is 29. The van der Waals surface area contributed by atoms with Crippen LogP contribution in [0.2, 0.25) is 5.28 Å². The maximum atomic E-state index is 12.6. The predicted octanol–water partition coefficient (Wildman–Crippen LogP) is 2.05. The number of methoxy groups -OCH3 is 2. The molecule has 0 aliphatic carbocycles. The first kappa shape index (κ1) is 96.2. The smallest absolute Gasteiger partial charge is 0.232 e. The van der Waals surface area contributed by atoms with Gasteiger partial charge in [-0.3, -0.25) is 45.4 Å². The molecule has 24 nitrogen and oxygen atoms in total. The van der Waals surface area contributed by atoms with Crippen molar-refractivity contribution in [2.75, 3.05) is 107 Å². The molecule has 0 spiro atoms. The number of nitrogens with one attached hydrogen (secondary N) is 3. The van der Waals surface area contributed by atoms with Crippen molar-refractivity contribution in [1.82, 2.24) is 49.7 Å². The van der Waals surface area contributed by atoms with Gasteiger partial charge in [-0.15, -0.1) is 0 Å². The fraction of sp³-hybridized carbons (Fsp3) is 0.438. The highest BCUT2D eigenvalue weighted by molar-refractivity contribution is 9.11. The maximum absolute atomic E-state index is 12.6. The Kier molecular flexibility index (Phi) is 34.4. The lowest BCUT2D eigenvalue weighted by Crippen LogP contribution is -2.85. The van der Waals surface area contributed by atoms with Gasteiger partial charge in [0.05, 0.1) is 69.5 Å². The molecular weight excluding hydrogens is 1650 g/mol. The number of halogens is 3. The number of nitrogens with two attached hydrogens (primary N) is 1. The lowest BCUT2D eigenvalue weighted by molar-refractivity contribution is 0.0672. The van der Waals surface area contributed by atoms with Crippen LogP contribution in [0.5, 0.6) is 11.5 Å². The molecule has 4 aromatic carbocycles. The molecule has 5 N–H and O–H groups in total. The van der Waals surface area contributed by atoms with Gasteiger partial charge >= 0.3 is 0 Å². The van der Waals surface area contributed by atoms with Crippen molar-refractivity contribution in [2.24, 2.45) is 0 Å². The molecule has 0 amide bonds. The van der Waals surface area contributed by atoms with Gasteiger partial charge < -0.3 is 48.7 Å². The highest BCUT2D eigenvalue weighted by atomic mass is 79.9. The molecule has 14 rings (SSSR count). The minimum atomic E-state index is -3.61. The topological polar surface area (TPSA) is 271 Å². The van der Waals surface area contributed by atoms with Crippen LogP contribution < -0.4 is 49.6 Å². The molecule has 28 radical (unpaired) electrons. The van der Waals surface area contributed by atoms with E-state index in [9.17, 15) is 16.8 Å². The van der Waals surface area contributed by atoms with E-state index >= 15 is 0 Å². The lowest BCUT2D eigenvalue weighted by atomic mass is 8.35. The average Bonchev–Trinajstić information content (AvgIpc) is 0.777. The summed E-state index contributed by atoms with van der Waals surface area (Å²) in [6.07, 6.45) is 9.30. The van der Waals surface area contributed by atoms with Crippen molar-refractivity contribution in [1.29, 1.82) is 0 Å². The highest BCUT2D eigenvalue weighted by Gasteiger charge is 2.49. The first-order chi connectivity index (χ1) is 55.7. The van der Waals surface area contributed by atoms with Crippen LogP contribution >= 0.6 is 43.5 Å². The van der Waals surface area contributed by atoms with Gasteiger partial charge in [-0.25, -0.2) is 26.8 Å². The Labute approximate surface area is 742 Å². The van der Waals surface area contributed by atoms with Crippen molar-refractivity contribution in [3.8, 4) is 11.5 Å². The lowest BCUT2D eigenvalue weighted by Gasteiger charge is -2.54. The van der Waals surface area contributed by atoms with E-state index in [1.54, 1.807) is 57.1 Å². The molecule has 10 heterocycles. The number of hydrogen-bond donors (Lipinski definition) is 4. The summed E-state index contributed by atoms with van der Waals surface area (Å²) < 4.78 is 64.3. The van der Waals surface area contributed by atoms with E-state index in [-0.39, 0.29) is 5.28 Å². The van der Waals surface area contributed by atoms with Crippen LogP contribution in [0, 0.1) is 0 Å². The zero-order valence-electron chi connectivity index (χ0n) is 68.8. The van der Waals surface area contributed by atoms with E-state index in [4.69, 9.17) is 132 Å². The van der Waals surface area contributed by atoms with Gasteiger partial charge in [-0.1, -0.05) is 13.8 Å². The first-order valence-electron chi connectivity index (χ1n) is 38.9. The number of piperidine rings is 4. The SMILES string of the molecule is CCc1cc(N)c(OC)cc1N1CC2CCC1CN2C(C)C.CCc1cc(Nc2ncc(Br)c(Nc3ccc4nccnc4c3N(C)S(C)(=O)=O)n2)c(OC)cc1N1CC2CCC1CN2C(C)C.CN(c1c(Nc2nc(Cl)ncc2Br)ccc2nccnc12)S(C)(=O)=O.[B]B([B])B([B][B-])B(B([B])[B])B(B(B([B])[B])B([B])[B])B(B([B])[B])B([B])[B]. The number of sulfonamides is 2. The van der Waals surface area contributed by atoms with E-state index in [1.165, 1.54) is 98.8 Å².